The third-order valence-corrected chi connectivity index (χ3v) is 6.56. The zero-order chi connectivity index (χ0) is 24.6. The summed E-state index contributed by atoms with van der Waals surface area (Å²) in [6.07, 6.45) is 8.76. The molecule has 0 amide bonds. The van der Waals surface area contributed by atoms with Crippen molar-refractivity contribution in [2.45, 2.75) is 51.9 Å². The molecule has 182 valence electrons. The van der Waals surface area contributed by atoms with Crippen LogP contribution in [-0.2, 0) is 12.8 Å². The zero-order valence-electron chi connectivity index (χ0n) is 20.0. The molecule has 1 aromatic heterocycles. The Hall–Kier alpha value is -2.98. The first kappa shape index (κ1) is 25.1. The van der Waals surface area contributed by atoms with Crippen LogP contribution in [0.5, 0.6) is 5.75 Å². The fourth-order valence-corrected chi connectivity index (χ4v) is 4.31. The molecule has 2 nitrogen and oxygen atoms in total. The quantitative estimate of drug-likeness (QED) is 0.194. The first-order valence-corrected chi connectivity index (χ1v) is 12.7. The van der Waals surface area contributed by atoms with Gasteiger partial charge in [-0.2, -0.15) is 0 Å². The second-order valence-electron chi connectivity index (χ2n) is 8.86. The maximum atomic E-state index is 15.2. The summed E-state index contributed by atoms with van der Waals surface area (Å²) in [5.74, 6) is 0.0757. The van der Waals surface area contributed by atoms with Crippen molar-refractivity contribution >= 4 is 22.4 Å². The Bertz CT molecular complexity index is 1270. The molecule has 0 fully saturated rings. The molecule has 3 aromatic carbocycles. The smallest absolute Gasteiger partial charge is 0.142 e. The number of hydrogen-bond acceptors (Lipinski definition) is 2. The van der Waals surface area contributed by atoms with Gasteiger partial charge in [-0.25, -0.2) is 8.78 Å². The van der Waals surface area contributed by atoms with E-state index in [2.05, 4.69) is 11.9 Å². The summed E-state index contributed by atoms with van der Waals surface area (Å²) in [5, 5.41) is 1.47. The van der Waals surface area contributed by atoms with Crippen molar-refractivity contribution in [2.75, 3.05) is 6.61 Å². The minimum absolute atomic E-state index is 0.0934. The van der Waals surface area contributed by atoms with Crippen molar-refractivity contribution in [3.63, 3.8) is 0 Å². The second kappa shape index (κ2) is 12.1. The normalized spacial score (nSPS) is 11.2. The van der Waals surface area contributed by atoms with Crippen LogP contribution in [0.2, 0.25) is 5.02 Å². The van der Waals surface area contributed by atoms with Gasteiger partial charge >= 0.3 is 0 Å². The van der Waals surface area contributed by atoms with Gasteiger partial charge < -0.3 is 4.74 Å². The van der Waals surface area contributed by atoms with E-state index in [9.17, 15) is 4.39 Å². The van der Waals surface area contributed by atoms with E-state index in [1.807, 2.05) is 30.3 Å². The molecule has 0 aliphatic carbocycles. The number of aryl methyl sites for hydroxylation is 2. The molecule has 0 bridgehead atoms. The molecule has 0 radical (unpaired) electrons. The van der Waals surface area contributed by atoms with Crippen LogP contribution >= 0.6 is 11.6 Å². The third-order valence-electron chi connectivity index (χ3n) is 6.25. The fraction of sp³-hybridized carbons (Fsp3) is 0.300. The molecular formula is C30H30ClF2NO. The standard InChI is InChI=1S/C30H30ClF2NO/c1-2-3-4-5-6-17-35-25-13-16-29(34-20-25)24-12-14-26-23(19-24)11-10-22(30(26)33)9-7-21-8-15-27(31)28(32)18-21/h8,10-16,18-20H,2-7,9,17H2,1H3. The molecule has 0 saturated carbocycles. The van der Waals surface area contributed by atoms with E-state index >= 15 is 4.39 Å². The number of pyridine rings is 1. The lowest BCUT2D eigenvalue weighted by atomic mass is 9.98. The number of ether oxygens (including phenoxy) is 1. The minimum Gasteiger partial charge on any atom is -0.492 e. The SMILES string of the molecule is CCCCCCCOc1ccc(-c2ccc3c(F)c(CCc4ccc(Cl)c(F)c4)ccc3c2)nc1. The number of rotatable bonds is 11. The van der Waals surface area contributed by atoms with Gasteiger partial charge in [0.25, 0.3) is 0 Å². The van der Waals surface area contributed by atoms with Crippen LogP contribution in [0.25, 0.3) is 22.0 Å². The predicted molar refractivity (Wildman–Crippen MR) is 140 cm³/mol. The summed E-state index contributed by atoms with van der Waals surface area (Å²) >= 11 is 5.75. The molecule has 0 spiro atoms. The molecule has 5 heteroatoms. The van der Waals surface area contributed by atoms with Crippen molar-refractivity contribution in [3.05, 3.63) is 94.6 Å². The van der Waals surface area contributed by atoms with Gasteiger partial charge in [-0.1, -0.05) is 74.5 Å². The van der Waals surface area contributed by atoms with Crippen molar-refractivity contribution in [1.29, 1.82) is 0 Å². The van der Waals surface area contributed by atoms with E-state index in [1.54, 1.807) is 24.4 Å². The summed E-state index contributed by atoms with van der Waals surface area (Å²) in [7, 11) is 0. The Labute approximate surface area is 210 Å². The van der Waals surface area contributed by atoms with Crippen LogP contribution < -0.4 is 4.74 Å². The fourth-order valence-electron chi connectivity index (χ4n) is 4.20. The summed E-state index contributed by atoms with van der Waals surface area (Å²) in [6, 6.07) is 17.9. The number of hydrogen-bond donors (Lipinski definition) is 0. The van der Waals surface area contributed by atoms with Gasteiger partial charge in [0.15, 0.2) is 0 Å². The van der Waals surface area contributed by atoms with Gasteiger partial charge in [0, 0.05) is 10.9 Å². The van der Waals surface area contributed by atoms with Crippen molar-refractivity contribution < 1.29 is 13.5 Å². The summed E-state index contributed by atoms with van der Waals surface area (Å²) in [6.45, 7) is 2.91. The van der Waals surface area contributed by atoms with E-state index in [0.29, 0.717) is 30.4 Å². The monoisotopic (exact) mass is 493 g/mol. The van der Waals surface area contributed by atoms with Crippen LogP contribution in [-0.4, -0.2) is 11.6 Å². The molecule has 4 rings (SSSR count). The number of halogens is 3. The topological polar surface area (TPSA) is 22.1 Å². The van der Waals surface area contributed by atoms with Crippen LogP contribution in [0.15, 0.2) is 66.9 Å². The average molecular weight is 494 g/mol. The second-order valence-corrected chi connectivity index (χ2v) is 9.27. The zero-order valence-corrected chi connectivity index (χ0v) is 20.8. The van der Waals surface area contributed by atoms with Gasteiger partial charge in [-0.3, -0.25) is 4.98 Å². The molecule has 35 heavy (non-hydrogen) atoms. The highest BCUT2D eigenvalue weighted by molar-refractivity contribution is 6.30. The van der Waals surface area contributed by atoms with E-state index < -0.39 is 5.82 Å². The Morgan fingerprint density at radius 1 is 0.857 bits per heavy atom. The molecule has 0 atom stereocenters. The largest absolute Gasteiger partial charge is 0.492 e. The van der Waals surface area contributed by atoms with Gasteiger partial charge in [-0.05, 0) is 66.1 Å². The molecule has 0 unspecified atom stereocenters. The van der Waals surface area contributed by atoms with E-state index in [4.69, 9.17) is 16.3 Å². The van der Waals surface area contributed by atoms with Gasteiger partial charge in [0.05, 0.1) is 23.5 Å². The third kappa shape index (κ3) is 6.58. The van der Waals surface area contributed by atoms with Crippen molar-refractivity contribution in [3.8, 4) is 17.0 Å². The number of fused-ring (bicyclic) bond motifs is 1. The molecule has 0 N–H and O–H groups in total. The lowest BCUT2D eigenvalue weighted by Crippen LogP contribution is -1.98. The summed E-state index contributed by atoms with van der Waals surface area (Å²) in [5.41, 5.74) is 3.13. The molecule has 0 aliphatic heterocycles. The van der Waals surface area contributed by atoms with Gasteiger partial charge in [-0.15, -0.1) is 0 Å². The molecule has 4 aromatic rings. The van der Waals surface area contributed by atoms with Gasteiger partial charge in [0.1, 0.15) is 17.4 Å². The number of unbranched alkanes of at least 4 members (excludes halogenated alkanes) is 4. The average Bonchev–Trinajstić information content (AvgIpc) is 2.88. The van der Waals surface area contributed by atoms with Gasteiger partial charge in [0.2, 0.25) is 0 Å². The minimum atomic E-state index is -0.453. The Balaban J connectivity index is 1.40. The van der Waals surface area contributed by atoms with Crippen LogP contribution in [0.4, 0.5) is 8.78 Å². The Morgan fingerprint density at radius 2 is 1.71 bits per heavy atom. The first-order chi connectivity index (χ1) is 17.0. The molecular weight excluding hydrogens is 464 g/mol. The Morgan fingerprint density at radius 3 is 2.49 bits per heavy atom. The van der Waals surface area contributed by atoms with Crippen LogP contribution in [0, 0.1) is 11.6 Å². The number of nitrogens with zero attached hydrogens (tertiary/aromatic N) is 1. The first-order valence-electron chi connectivity index (χ1n) is 12.3. The highest BCUT2D eigenvalue weighted by Crippen LogP contribution is 2.28. The highest BCUT2D eigenvalue weighted by Gasteiger charge is 2.10. The number of aromatic nitrogens is 1. The van der Waals surface area contributed by atoms with E-state index in [-0.39, 0.29) is 10.8 Å². The Kier molecular flexibility index (Phi) is 8.70. The number of benzene rings is 3. The maximum absolute atomic E-state index is 15.2. The van der Waals surface area contributed by atoms with Crippen molar-refractivity contribution in [2.24, 2.45) is 0 Å². The van der Waals surface area contributed by atoms with Crippen molar-refractivity contribution in [1.82, 2.24) is 4.98 Å². The molecule has 0 aliphatic rings. The molecule has 0 saturated heterocycles. The summed E-state index contributed by atoms with van der Waals surface area (Å²) < 4.78 is 34.7. The predicted octanol–water partition coefficient (Wildman–Crippen LogP) is 8.97. The highest BCUT2D eigenvalue weighted by atomic mass is 35.5. The maximum Gasteiger partial charge on any atom is 0.142 e. The summed E-state index contributed by atoms with van der Waals surface area (Å²) in [4.78, 5) is 4.54. The lowest BCUT2D eigenvalue weighted by Gasteiger charge is -2.10. The lowest BCUT2D eigenvalue weighted by molar-refractivity contribution is 0.303. The molecule has 1 heterocycles. The van der Waals surface area contributed by atoms with E-state index in [0.717, 1.165) is 34.4 Å². The van der Waals surface area contributed by atoms with Crippen LogP contribution in [0.3, 0.4) is 0 Å². The van der Waals surface area contributed by atoms with E-state index in [1.165, 1.54) is 37.8 Å². The van der Waals surface area contributed by atoms with Crippen LogP contribution in [0.1, 0.15) is 50.2 Å².